The van der Waals surface area contributed by atoms with E-state index in [-0.39, 0.29) is 5.56 Å². The van der Waals surface area contributed by atoms with Gasteiger partial charge in [-0.25, -0.2) is 14.8 Å². The van der Waals surface area contributed by atoms with E-state index in [4.69, 9.17) is 14.6 Å². The second-order valence-electron chi connectivity index (χ2n) is 3.76. The SMILES string of the molecule is CCOCCOc1ncnc2cc(C(=O)O)ccc12. The van der Waals surface area contributed by atoms with Gasteiger partial charge in [0.25, 0.3) is 0 Å². The van der Waals surface area contributed by atoms with Crippen LogP contribution in [-0.2, 0) is 4.74 Å². The van der Waals surface area contributed by atoms with Crippen LogP contribution in [0.4, 0.5) is 0 Å². The number of hydrogen-bond acceptors (Lipinski definition) is 5. The summed E-state index contributed by atoms with van der Waals surface area (Å²) >= 11 is 0. The standard InChI is InChI=1S/C13H14N2O4/c1-2-18-5-6-19-12-10-4-3-9(13(16)17)7-11(10)14-8-15-12/h3-4,7-8H,2,5-6H2,1H3,(H,16,17). The zero-order valence-corrected chi connectivity index (χ0v) is 10.5. The number of rotatable bonds is 6. The van der Waals surface area contributed by atoms with Crippen molar-refractivity contribution in [2.24, 2.45) is 0 Å². The van der Waals surface area contributed by atoms with Gasteiger partial charge >= 0.3 is 5.97 Å². The van der Waals surface area contributed by atoms with E-state index in [0.717, 1.165) is 0 Å². The van der Waals surface area contributed by atoms with Crippen molar-refractivity contribution in [3.8, 4) is 5.88 Å². The molecule has 0 fully saturated rings. The molecule has 0 aliphatic rings. The van der Waals surface area contributed by atoms with Crippen LogP contribution in [0, 0.1) is 0 Å². The van der Waals surface area contributed by atoms with Crippen LogP contribution in [0.25, 0.3) is 10.9 Å². The van der Waals surface area contributed by atoms with Gasteiger partial charge in [-0.15, -0.1) is 0 Å². The molecule has 1 aromatic carbocycles. The zero-order valence-electron chi connectivity index (χ0n) is 10.5. The summed E-state index contributed by atoms with van der Waals surface area (Å²) in [5.41, 5.74) is 0.729. The molecule has 100 valence electrons. The number of nitrogens with zero attached hydrogens (tertiary/aromatic N) is 2. The highest BCUT2D eigenvalue weighted by molar-refractivity contribution is 5.94. The first-order chi connectivity index (χ1) is 9.22. The van der Waals surface area contributed by atoms with E-state index in [2.05, 4.69) is 9.97 Å². The first-order valence-electron chi connectivity index (χ1n) is 5.91. The topological polar surface area (TPSA) is 81.5 Å². The molecule has 19 heavy (non-hydrogen) atoms. The number of carboxylic acids is 1. The summed E-state index contributed by atoms with van der Waals surface area (Å²) in [7, 11) is 0. The van der Waals surface area contributed by atoms with E-state index in [1.807, 2.05) is 6.92 Å². The van der Waals surface area contributed by atoms with Crippen LogP contribution >= 0.6 is 0 Å². The minimum Gasteiger partial charge on any atom is -0.478 e. The summed E-state index contributed by atoms with van der Waals surface area (Å²) in [5, 5.41) is 9.61. The van der Waals surface area contributed by atoms with Crippen LogP contribution in [0.5, 0.6) is 5.88 Å². The second kappa shape index (κ2) is 6.10. The Bertz CT molecular complexity index is 586. The number of carbonyl (C=O) groups is 1. The normalized spacial score (nSPS) is 10.6. The molecule has 1 aromatic heterocycles. The molecular formula is C13H14N2O4. The van der Waals surface area contributed by atoms with Crippen molar-refractivity contribution in [2.75, 3.05) is 19.8 Å². The van der Waals surface area contributed by atoms with E-state index >= 15 is 0 Å². The molecule has 0 amide bonds. The van der Waals surface area contributed by atoms with Crippen LogP contribution in [0.1, 0.15) is 17.3 Å². The van der Waals surface area contributed by atoms with Gasteiger partial charge < -0.3 is 14.6 Å². The molecule has 2 aromatic rings. The third kappa shape index (κ3) is 3.17. The third-order valence-electron chi connectivity index (χ3n) is 2.52. The molecule has 0 unspecified atom stereocenters. The van der Waals surface area contributed by atoms with E-state index in [1.165, 1.54) is 18.5 Å². The number of fused-ring (bicyclic) bond motifs is 1. The summed E-state index contributed by atoms with van der Waals surface area (Å²) in [6.45, 7) is 3.42. The Balaban J connectivity index is 2.22. The zero-order chi connectivity index (χ0) is 13.7. The Labute approximate surface area is 110 Å². The number of ether oxygens (including phenoxy) is 2. The maximum atomic E-state index is 10.9. The lowest BCUT2D eigenvalue weighted by atomic mass is 10.1. The van der Waals surface area contributed by atoms with E-state index in [1.54, 1.807) is 6.07 Å². The van der Waals surface area contributed by atoms with Gasteiger partial charge in [-0.1, -0.05) is 0 Å². The molecule has 1 N–H and O–H groups in total. The maximum absolute atomic E-state index is 10.9. The molecule has 0 radical (unpaired) electrons. The van der Waals surface area contributed by atoms with Crippen LogP contribution in [0.2, 0.25) is 0 Å². The summed E-state index contributed by atoms with van der Waals surface area (Å²) in [4.78, 5) is 19.0. The number of hydrogen-bond donors (Lipinski definition) is 1. The Kier molecular flexibility index (Phi) is 4.25. The van der Waals surface area contributed by atoms with Gasteiger partial charge in [0, 0.05) is 6.61 Å². The fourth-order valence-corrected chi connectivity index (χ4v) is 1.62. The predicted octanol–water partition coefficient (Wildman–Crippen LogP) is 1.74. The lowest BCUT2D eigenvalue weighted by Gasteiger charge is -2.07. The quantitative estimate of drug-likeness (QED) is 0.798. The number of aromatic nitrogens is 2. The fraction of sp³-hybridized carbons (Fsp3) is 0.308. The molecule has 0 spiro atoms. The highest BCUT2D eigenvalue weighted by Crippen LogP contribution is 2.22. The Morgan fingerprint density at radius 2 is 2.16 bits per heavy atom. The molecular weight excluding hydrogens is 248 g/mol. The smallest absolute Gasteiger partial charge is 0.335 e. The second-order valence-corrected chi connectivity index (χ2v) is 3.76. The monoisotopic (exact) mass is 262 g/mol. The van der Waals surface area contributed by atoms with Gasteiger partial charge in [0.15, 0.2) is 0 Å². The lowest BCUT2D eigenvalue weighted by molar-refractivity contribution is 0.0697. The van der Waals surface area contributed by atoms with Crippen molar-refractivity contribution >= 4 is 16.9 Å². The van der Waals surface area contributed by atoms with Crippen molar-refractivity contribution in [1.29, 1.82) is 0 Å². The Morgan fingerprint density at radius 1 is 1.32 bits per heavy atom. The minimum atomic E-state index is -0.987. The van der Waals surface area contributed by atoms with Crippen LogP contribution < -0.4 is 4.74 Å². The maximum Gasteiger partial charge on any atom is 0.335 e. The fourth-order valence-electron chi connectivity index (χ4n) is 1.62. The van der Waals surface area contributed by atoms with Gasteiger partial charge in [-0.05, 0) is 25.1 Å². The third-order valence-corrected chi connectivity index (χ3v) is 2.52. The molecule has 0 aliphatic carbocycles. The number of benzene rings is 1. The molecule has 6 nitrogen and oxygen atoms in total. The average molecular weight is 262 g/mol. The van der Waals surface area contributed by atoms with Crippen LogP contribution in [0.3, 0.4) is 0 Å². The minimum absolute atomic E-state index is 0.187. The van der Waals surface area contributed by atoms with Crippen molar-refractivity contribution in [2.45, 2.75) is 6.92 Å². The molecule has 2 rings (SSSR count). The summed E-state index contributed by atoms with van der Waals surface area (Å²) < 4.78 is 10.7. The van der Waals surface area contributed by atoms with E-state index in [0.29, 0.717) is 36.6 Å². The lowest BCUT2D eigenvalue weighted by Crippen LogP contribution is -2.07. The molecule has 0 aliphatic heterocycles. The van der Waals surface area contributed by atoms with E-state index in [9.17, 15) is 4.79 Å². The first-order valence-corrected chi connectivity index (χ1v) is 5.91. The van der Waals surface area contributed by atoms with Crippen molar-refractivity contribution in [3.63, 3.8) is 0 Å². The molecule has 0 saturated carbocycles. The summed E-state index contributed by atoms with van der Waals surface area (Å²) in [6.07, 6.45) is 1.35. The van der Waals surface area contributed by atoms with Gasteiger partial charge in [0.05, 0.1) is 23.1 Å². The predicted molar refractivity (Wildman–Crippen MR) is 68.5 cm³/mol. The van der Waals surface area contributed by atoms with Crippen molar-refractivity contribution < 1.29 is 19.4 Å². The van der Waals surface area contributed by atoms with Crippen LogP contribution in [-0.4, -0.2) is 40.9 Å². The Morgan fingerprint density at radius 3 is 2.89 bits per heavy atom. The highest BCUT2D eigenvalue weighted by Gasteiger charge is 2.08. The van der Waals surface area contributed by atoms with E-state index < -0.39 is 5.97 Å². The van der Waals surface area contributed by atoms with Gasteiger partial charge in [-0.2, -0.15) is 0 Å². The first kappa shape index (κ1) is 13.2. The molecule has 0 bridgehead atoms. The van der Waals surface area contributed by atoms with Gasteiger partial charge in [-0.3, -0.25) is 0 Å². The van der Waals surface area contributed by atoms with Crippen molar-refractivity contribution in [3.05, 3.63) is 30.1 Å². The van der Waals surface area contributed by atoms with Crippen molar-refractivity contribution in [1.82, 2.24) is 9.97 Å². The van der Waals surface area contributed by atoms with Gasteiger partial charge in [0.2, 0.25) is 5.88 Å². The van der Waals surface area contributed by atoms with Gasteiger partial charge in [0.1, 0.15) is 12.9 Å². The number of carboxylic acid groups (broad SMARTS) is 1. The van der Waals surface area contributed by atoms with Crippen LogP contribution in [0.15, 0.2) is 24.5 Å². The molecule has 0 atom stereocenters. The highest BCUT2D eigenvalue weighted by atomic mass is 16.5. The molecule has 0 saturated heterocycles. The molecule has 1 heterocycles. The number of aromatic carboxylic acids is 1. The summed E-state index contributed by atoms with van der Waals surface area (Å²) in [5.74, 6) is -0.555. The average Bonchev–Trinajstić information content (AvgIpc) is 2.43. The Hall–Kier alpha value is -2.21. The molecule has 6 heteroatoms. The largest absolute Gasteiger partial charge is 0.478 e. The summed E-state index contributed by atoms with van der Waals surface area (Å²) in [6, 6.07) is 4.65.